The van der Waals surface area contributed by atoms with Gasteiger partial charge in [-0.25, -0.2) is 4.90 Å². The van der Waals surface area contributed by atoms with Crippen LogP contribution in [-0.4, -0.2) is 23.6 Å². The molecule has 2 heterocycles. The summed E-state index contributed by atoms with van der Waals surface area (Å²) < 4.78 is 1.80. The van der Waals surface area contributed by atoms with E-state index in [4.69, 9.17) is 4.84 Å². The van der Waals surface area contributed by atoms with E-state index in [1.807, 2.05) is 24.3 Å². The van der Waals surface area contributed by atoms with Crippen molar-refractivity contribution in [3.05, 3.63) is 63.0 Å². The number of carbonyl (C=O) groups excluding carboxylic acids is 2. The summed E-state index contributed by atoms with van der Waals surface area (Å²) in [6.45, 7) is 0. The predicted molar refractivity (Wildman–Crippen MR) is 95.7 cm³/mol. The van der Waals surface area contributed by atoms with Gasteiger partial charge in [0.25, 0.3) is 5.91 Å². The molecular formula is C17H10Br2N2O3. The maximum atomic E-state index is 12.9. The van der Waals surface area contributed by atoms with E-state index < -0.39 is 12.0 Å². The number of benzene rings is 2. The summed E-state index contributed by atoms with van der Waals surface area (Å²) >= 11 is 6.72. The lowest BCUT2D eigenvalue weighted by Gasteiger charge is -2.15. The number of hydrogen-bond acceptors (Lipinski definition) is 4. The first-order valence-electron chi connectivity index (χ1n) is 7.19. The molecule has 0 bridgehead atoms. The normalized spacial score (nSPS) is 22.4. The Balaban J connectivity index is 1.69. The lowest BCUT2D eigenvalue weighted by molar-refractivity contribution is -0.126. The molecule has 2 aromatic carbocycles. The number of hydrogen-bond donors (Lipinski definition) is 0. The molecule has 0 spiro atoms. The topological polar surface area (TPSA) is 59.0 Å². The highest BCUT2D eigenvalue weighted by Gasteiger charge is 2.56. The molecule has 2 atom stereocenters. The van der Waals surface area contributed by atoms with Crippen LogP contribution >= 0.6 is 31.9 Å². The van der Waals surface area contributed by atoms with Crippen LogP contribution in [0.3, 0.4) is 0 Å². The smallest absolute Gasteiger partial charge is 0.278 e. The summed E-state index contributed by atoms with van der Waals surface area (Å²) in [6.07, 6.45) is -0.889. The third kappa shape index (κ3) is 2.39. The van der Waals surface area contributed by atoms with E-state index >= 15 is 0 Å². The number of halogens is 2. The largest absolute Gasteiger partial charge is 0.381 e. The molecule has 0 aliphatic carbocycles. The quantitative estimate of drug-likeness (QED) is 0.659. The van der Waals surface area contributed by atoms with Crippen molar-refractivity contribution in [1.29, 1.82) is 0 Å². The molecule has 4 rings (SSSR count). The van der Waals surface area contributed by atoms with Crippen LogP contribution in [-0.2, 0) is 14.4 Å². The van der Waals surface area contributed by atoms with E-state index in [1.165, 1.54) is 4.90 Å². The third-order valence-electron chi connectivity index (χ3n) is 4.04. The summed E-state index contributed by atoms with van der Waals surface area (Å²) in [7, 11) is 0. The molecule has 7 heteroatoms. The van der Waals surface area contributed by atoms with Gasteiger partial charge in [-0.1, -0.05) is 49.1 Å². The van der Waals surface area contributed by atoms with Crippen LogP contribution in [0.25, 0.3) is 0 Å². The summed E-state index contributed by atoms with van der Waals surface area (Å²) in [4.78, 5) is 31.9. The zero-order valence-corrected chi connectivity index (χ0v) is 15.3. The van der Waals surface area contributed by atoms with Crippen molar-refractivity contribution in [2.45, 2.75) is 6.10 Å². The van der Waals surface area contributed by atoms with Crippen molar-refractivity contribution in [2.75, 3.05) is 4.90 Å². The zero-order chi connectivity index (χ0) is 16.8. The van der Waals surface area contributed by atoms with E-state index in [-0.39, 0.29) is 11.8 Å². The molecule has 0 saturated carbocycles. The minimum absolute atomic E-state index is 0.313. The van der Waals surface area contributed by atoms with E-state index in [1.54, 1.807) is 24.3 Å². The zero-order valence-electron chi connectivity index (χ0n) is 12.1. The minimum atomic E-state index is -0.889. The third-order valence-corrected chi connectivity index (χ3v) is 5.09. The molecule has 2 aliphatic heterocycles. The van der Waals surface area contributed by atoms with Crippen LogP contribution in [0.5, 0.6) is 0 Å². The Morgan fingerprint density at radius 1 is 0.875 bits per heavy atom. The summed E-state index contributed by atoms with van der Waals surface area (Å²) in [5.41, 5.74) is 1.79. The van der Waals surface area contributed by atoms with Crippen LogP contribution < -0.4 is 4.90 Å². The lowest BCUT2D eigenvalue weighted by Crippen LogP contribution is -2.33. The van der Waals surface area contributed by atoms with E-state index in [0.717, 1.165) is 14.5 Å². The van der Waals surface area contributed by atoms with E-state index in [0.29, 0.717) is 11.4 Å². The molecule has 2 aromatic rings. The van der Waals surface area contributed by atoms with Gasteiger partial charge < -0.3 is 4.84 Å². The van der Waals surface area contributed by atoms with Crippen LogP contribution in [0.1, 0.15) is 5.56 Å². The van der Waals surface area contributed by atoms with Crippen LogP contribution in [0.2, 0.25) is 0 Å². The highest BCUT2D eigenvalue weighted by Crippen LogP contribution is 2.35. The summed E-state index contributed by atoms with van der Waals surface area (Å²) in [6, 6.07) is 14.4. The Morgan fingerprint density at radius 2 is 1.46 bits per heavy atom. The van der Waals surface area contributed by atoms with E-state index in [9.17, 15) is 9.59 Å². The first-order chi connectivity index (χ1) is 11.6. The van der Waals surface area contributed by atoms with Gasteiger partial charge in [-0.3, -0.25) is 9.59 Å². The number of anilines is 1. The standard InChI is InChI=1S/C17H10Br2N2O3/c18-10-3-1-9(2-4-10)14-13-15(24-20-14)17(23)21(16(13)22)12-7-5-11(19)6-8-12/h1-8,13,15H/t13-,15+/m0/s1. The molecule has 1 fully saturated rings. The molecule has 120 valence electrons. The summed E-state index contributed by atoms with van der Waals surface area (Å²) in [5.74, 6) is -1.41. The molecule has 0 N–H and O–H groups in total. The molecule has 0 aromatic heterocycles. The number of amides is 2. The van der Waals surface area contributed by atoms with Gasteiger partial charge in [-0.05, 0) is 36.4 Å². The van der Waals surface area contributed by atoms with Gasteiger partial charge in [-0.2, -0.15) is 0 Å². The second kappa shape index (κ2) is 5.82. The minimum Gasteiger partial charge on any atom is -0.381 e. The molecule has 24 heavy (non-hydrogen) atoms. The number of rotatable bonds is 2. The molecule has 0 radical (unpaired) electrons. The Hall–Kier alpha value is -1.99. The second-order valence-electron chi connectivity index (χ2n) is 5.48. The number of nitrogens with zero attached hydrogens (tertiary/aromatic N) is 2. The van der Waals surface area contributed by atoms with Gasteiger partial charge in [0.15, 0.2) is 0 Å². The Kier molecular flexibility index (Phi) is 3.77. The van der Waals surface area contributed by atoms with Gasteiger partial charge in [0.05, 0.1) is 5.69 Å². The molecule has 5 nitrogen and oxygen atoms in total. The van der Waals surface area contributed by atoms with Crippen LogP contribution in [0, 0.1) is 5.92 Å². The maximum Gasteiger partial charge on any atom is 0.278 e. The fourth-order valence-corrected chi connectivity index (χ4v) is 3.41. The Labute approximate surface area is 154 Å². The first-order valence-corrected chi connectivity index (χ1v) is 8.78. The molecular weight excluding hydrogens is 440 g/mol. The molecule has 1 saturated heterocycles. The fourth-order valence-electron chi connectivity index (χ4n) is 2.88. The molecule has 2 aliphatic rings. The van der Waals surface area contributed by atoms with Crippen molar-refractivity contribution in [3.8, 4) is 0 Å². The number of fused-ring (bicyclic) bond motifs is 1. The highest BCUT2D eigenvalue weighted by molar-refractivity contribution is 9.10. The van der Waals surface area contributed by atoms with Crippen molar-refractivity contribution >= 4 is 55.1 Å². The number of imide groups is 1. The van der Waals surface area contributed by atoms with Gasteiger partial charge >= 0.3 is 0 Å². The lowest BCUT2D eigenvalue weighted by atomic mass is 9.94. The number of carbonyl (C=O) groups is 2. The first kappa shape index (κ1) is 15.5. The molecule has 2 amide bonds. The van der Waals surface area contributed by atoms with Crippen molar-refractivity contribution in [2.24, 2.45) is 11.1 Å². The van der Waals surface area contributed by atoms with Crippen molar-refractivity contribution < 1.29 is 14.4 Å². The van der Waals surface area contributed by atoms with Gasteiger partial charge in [0.2, 0.25) is 12.0 Å². The Bertz CT molecular complexity index is 862. The number of oxime groups is 1. The Morgan fingerprint density at radius 3 is 2.08 bits per heavy atom. The second-order valence-corrected chi connectivity index (χ2v) is 7.31. The predicted octanol–water partition coefficient (Wildman–Crippen LogP) is 3.50. The SMILES string of the molecule is O=C1[C@H]2C(c3ccc(Br)cc3)=NO[C@H]2C(=O)N1c1ccc(Br)cc1. The van der Waals surface area contributed by atoms with Gasteiger partial charge in [0, 0.05) is 14.5 Å². The van der Waals surface area contributed by atoms with Gasteiger partial charge in [0.1, 0.15) is 11.6 Å². The van der Waals surface area contributed by atoms with Gasteiger partial charge in [-0.15, -0.1) is 0 Å². The maximum absolute atomic E-state index is 12.9. The van der Waals surface area contributed by atoms with Crippen molar-refractivity contribution in [1.82, 2.24) is 0 Å². The molecule has 0 unspecified atom stereocenters. The average Bonchev–Trinajstić information content (AvgIpc) is 3.11. The van der Waals surface area contributed by atoms with E-state index in [2.05, 4.69) is 37.0 Å². The fraction of sp³-hybridized carbons (Fsp3) is 0.118. The van der Waals surface area contributed by atoms with Crippen molar-refractivity contribution in [3.63, 3.8) is 0 Å². The highest BCUT2D eigenvalue weighted by atomic mass is 79.9. The summed E-state index contributed by atoms with van der Waals surface area (Å²) in [5, 5.41) is 3.99. The van der Waals surface area contributed by atoms with Crippen LogP contribution in [0.4, 0.5) is 5.69 Å². The average molecular weight is 450 g/mol. The van der Waals surface area contributed by atoms with Crippen LogP contribution in [0.15, 0.2) is 62.6 Å². The monoisotopic (exact) mass is 448 g/mol.